The highest BCUT2D eigenvalue weighted by atomic mass is 79.9. The second-order valence-corrected chi connectivity index (χ2v) is 3.09. The minimum atomic E-state index is -2.80. The van der Waals surface area contributed by atoms with E-state index in [0.29, 0.717) is 0 Å². The summed E-state index contributed by atoms with van der Waals surface area (Å²) in [6, 6.07) is 0. The topological polar surface area (TPSA) is 12.9 Å². The highest BCUT2D eigenvalue weighted by molar-refractivity contribution is 9.08. The molecule has 1 heterocycles. The highest BCUT2D eigenvalue weighted by Crippen LogP contribution is 2.27. The van der Waals surface area contributed by atoms with Crippen molar-refractivity contribution in [2.45, 2.75) is 18.7 Å². The van der Waals surface area contributed by atoms with E-state index >= 15 is 0 Å². The SMILES string of the molecule is Cc1ncc(CBr)c(C(F)F)c1F. The molecular weight excluding hydrogens is 247 g/mol. The van der Waals surface area contributed by atoms with Gasteiger partial charge in [0.25, 0.3) is 6.43 Å². The minimum Gasteiger partial charge on any atom is -0.258 e. The quantitative estimate of drug-likeness (QED) is 0.737. The van der Waals surface area contributed by atoms with Crippen molar-refractivity contribution in [2.75, 3.05) is 0 Å². The van der Waals surface area contributed by atoms with Gasteiger partial charge in [0.15, 0.2) is 5.82 Å². The Hall–Kier alpha value is -0.580. The monoisotopic (exact) mass is 253 g/mol. The number of halogens is 4. The maximum atomic E-state index is 13.1. The van der Waals surface area contributed by atoms with Crippen LogP contribution in [0.5, 0.6) is 0 Å². The molecule has 13 heavy (non-hydrogen) atoms. The fourth-order valence-corrected chi connectivity index (χ4v) is 1.43. The first-order valence-corrected chi connectivity index (χ1v) is 4.68. The maximum absolute atomic E-state index is 13.1. The third-order valence-electron chi connectivity index (χ3n) is 1.68. The largest absolute Gasteiger partial charge is 0.267 e. The third kappa shape index (κ3) is 2.02. The van der Waals surface area contributed by atoms with E-state index in [0.717, 1.165) is 0 Å². The van der Waals surface area contributed by atoms with E-state index in [4.69, 9.17) is 0 Å². The van der Waals surface area contributed by atoms with Crippen LogP contribution in [0.4, 0.5) is 13.2 Å². The van der Waals surface area contributed by atoms with Crippen LogP contribution in [-0.4, -0.2) is 4.98 Å². The molecule has 0 bridgehead atoms. The normalized spacial score (nSPS) is 10.9. The number of aryl methyl sites for hydroxylation is 1. The van der Waals surface area contributed by atoms with Gasteiger partial charge in [0.1, 0.15) is 0 Å². The van der Waals surface area contributed by atoms with E-state index in [1.165, 1.54) is 13.1 Å². The second-order valence-electron chi connectivity index (χ2n) is 2.53. The first kappa shape index (κ1) is 10.5. The van der Waals surface area contributed by atoms with Crippen LogP contribution in [0.3, 0.4) is 0 Å². The lowest BCUT2D eigenvalue weighted by molar-refractivity contribution is 0.145. The fraction of sp³-hybridized carbons (Fsp3) is 0.375. The smallest absolute Gasteiger partial charge is 0.258 e. The zero-order valence-corrected chi connectivity index (χ0v) is 8.41. The van der Waals surface area contributed by atoms with Gasteiger partial charge < -0.3 is 0 Å². The first-order valence-electron chi connectivity index (χ1n) is 3.56. The molecule has 5 heteroatoms. The standard InChI is InChI=1S/C8H7BrF3N/c1-4-7(10)6(8(11)12)5(2-9)3-13-4/h3,8H,2H2,1H3. The lowest BCUT2D eigenvalue weighted by Gasteiger charge is -2.08. The Morgan fingerprint density at radius 2 is 2.15 bits per heavy atom. The Kier molecular flexibility index (Phi) is 3.30. The molecule has 1 aromatic heterocycles. The number of pyridine rings is 1. The molecule has 0 radical (unpaired) electrons. The lowest BCUT2D eigenvalue weighted by Crippen LogP contribution is -2.01. The molecule has 72 valence electrons. The molecular formula is C8H7BrF3N. The number of alkyl halides is 3. The van der Waals surface area contributed by atoms with Crippen LogP contribution in [0, 0.1) is 12.7 Å². The molecule has 0 amide bonds. The van der Waals surface area contributed by atoms with Gasteiger partial charge in [0, 0.05) is 11.5 Å². The molecule has 0 aliphatic rings. The molecule has 0 saturated heterocycles. The number of hydrogen-bond acceptors (Lipinski definition) is 1. The molecule has 0 aliphatic heterocycles. The predicted molar refractivity (Wildman–Crippen MR) is 46.5 cm³/mol. The number of aromatic nitrogens is 1. The second kappa shape index (κ2) is 4.09. The van der Waals surface area contributed by atoms with E-state index in [2.05, 4.69) is 20.9 Å². The predicted octanol–water partition coefficient (Wildman–Crippen LogP) is 3.36. The van der Waals surface area contributed by atoms with Gasteiger partial charge in [-0.3, -0.25) is 4.98 Å². The average molecular weight is 254 g/mol. The number of hydrogen-bond donors (Lipinski definition) is 0. The van der Waals surface area contributed by atoms with Gasteiger partial charge >= 0.3 is 0 Å². The Bertz CT molecular complexity index is 315. The minimum absolute atomic E-state index is 0.000000000000000222. The number of rotatable bonds is 2. The summed E-state index contributed by atoms with van der Waals surface area (Å²) in [5, 5.41) is 0.177. The van der Waals surface area contributed by atoms with Crippen LogP contribution in [0.25, 0.3) is 0 Å². The van der Waals surface area contributed by atoms with E-state index in [9.17, 15) is 13.2 Å². The van der Waals surface area contributed by atoms with Crippen molar-refractivity contribution in [3.8, 4) is 0 Å². The van der Waals surface area contributed by atoms with Crippen LogP contribution >= 0.6 is 15.9 Å². The summed E-state index contributed by atoms with van der Waals surface area (Å²) < 4.78 is 37.9. The Morgan fingerprint density at radius 1 is 1.54 bits per heavy atom. The van der Waals surface area contributed by atoms with Gasteiger partial charge in [-0.25, -0.2) is 13.2 Å². The Morgan fingerprint density at radius 3 is 2.62 bits per heavy atom. The summed E-state index contributed by atoms with van der Waals surface area (Å²) in [5.74, 6) is -0.910. The molecule has 0 saturated carbocycles. The molecule has 0 spiro atoms. The number of nitrogens with zero attached hydrogens (tertiary/aromatic N) is 1. The summed E-state index contributed by atoms with van der Waals surface area (Å²) in [4.78, 5) is 3.65. The van der Waals surface area contributed by atoms with Gasteiger partial charge in [0.05, 0.1) is 11.3 Å². The molecule has 1 rings (SSSR count). The molecule has 0 atom stereocenters. The third-order valence-corrected chi connectivity index (χ3v) is 2.28. The van der Waals surface area contributed by atoms with Crippen LogP contribution in [-0.2, 0) is 5.33 Å². The molecule has 0 fully saturated rings. The van der Waals surface area contributed by atoms with E-state index in [-0.39, 0.29) is 16.6 Å². The Labute approximate surface area is 82.1 Å². The lowest BCUT2D eigenvalue weighted by atomic mass is 10.1. The summed E-state index contributed by atoms with van der Waals surface area (Å²) in [6.07, 6.45) is -1.54. The Balaban J connectivity index is 3.32. The molecule has 1 nitrogen and oxygen atoms in total. The molecule has 0 unspecified atom stereocenters. The summed E-state index contributed by atoms with van der Waals surface area (Å²) in [7, 11) is 0. The van der Waals surface area contributed by atoms with Gasteiger partial charge in [-0.05, 0) is 12.5 Å². The van der Waals surface area contributed by atoms with E-state index in [1.807, 2.05) is 0 Å². The van der Waals surface area contributed by atoms with Crippen molar-refractivity contribution >= 4 is 15.9 Å². The highest BCUT2D eigenvalue weighted by Gasteiger charge is 2.19. The fourth-order valence-electron chi connectivity index (χ4n) is 0.979. The van der Waals surface area contributed by atoms with Crippen molar-refractivity contribution in [2.24, 2.45) is 0 Å². The molecule has 0 N–H and O–H groups in total. The first-order chi connectivity index (χ1) is 6.07. The summed E-state index contributed by atoms with van der Waals surface area (Å²) >= 11 is 3.00. The van der Waals surface area contributed by atoms with Gasteiger partial charge in [-0.1, -0.05) is 15.9 Å². The van der Waals surface area contributed by atoms with Gasteiger partial charge in [0.2, 0.25) is 0 Å². The van der Waals surface area contributed by atoms with Crippen molar-refractivity contribution in [3.63, 3.8) is 0 Å². The van der Waals surface area contributed by atoms with Gasteiger partial charge in [-0.15, -0.1) is 0 Å². The van der Waals surface area contributed by atoms with Crippen LogP contribution < -0.4 is 0 Å². The zero-order valence-electron chi connectivity index (χ0n) is 6.82. The van der Waals surface area contributed by atoms with Crippen molar-refractivity contribution in [1.82, 2.24) is 4.98 Å². The van der Waals surface area contributed by atoms with Crippen LogP contribution in [0.2, 0.25) is 0 Å². The molecule has 0 aromatic carbocycles. The summed E-state index contributed by atoms with van der Waals surface area (Å²) in [5.41, 5.74) is -0.359. The van der Waals surface area contributed by atoms with Crippen LogP contribution in [0.1, 0.15) is 23.2 Å². The van der Waals surface area contributed by atoms with Gasteiger partial charge in [-0.2, -0.15) is 0 Å². The van der Waals surface area contributed by atoms with Crippen molar-refractivity contribution < 1.29 is 13.2 Å². The zero-order chi connectivity index (χ0) is 10.0. The molecule has 1 aromatic rings. The maximum Gasteiger partial charge on any atom is 0.267 e. The molecule has 0 aliphatic carbocycles. The van der Waals surface area contributed by atoms with E-state index in [1.54, 1.807) is 0 Å². The van der Waals surface area contributed by atoms with Crippen molar-refractivity contribution in [3.05, 3.63) is 28.8 Å². The van der Waals surface area contributed by atoms with E-state index < -0.39 is 17.8 Å². The van der Waals surface area contributed by atoms with Crippen molar-refractivity contribution in [1.29, 1.82) is 0 Å². The summed E-state index contributed by atoms with van der Waals surface area (Å²) in [6.45, 7) is 1.36. The van der Waals surface area contributed by atoms with Crippen LogP contribution in [0.15, 0.2) is 6.20 Å². The average Bonchev–Trinajstić information content (AvgIpc) is 2.08.